The first kappa shape index (κ1) is 15.7. The number of aromatic hydroxyl groups is 1. The highest BCUT2D eigenvalue weighted by Crippen LogP contribution is 2.29. The van der Waals surface area contributed by atoms with Crippen molar-refractivity contribution in [3.8, 4) is 5.75 Å². The number of rotatable bonds is 4. The van der Waals surface area contributed by atoms with Gasteiger partial charge in [0.2, 0.25) is 0 Å². The van der Waals surface area contributed by atoms with E-state index in [4.69, 9.17) is 4.74 Å². The maximum Gasteiger partial charge on any atom is 0.342 e. The first-order valence-corrected chi connectivity index (χ1v) is 7.54. The minimum atomic E-state index is -0.723. The molecule has 0 heterocycles. The molecule has 4 nitrogen and oxygen atoms in total. The number of hydrogen-bond donors (Lipinski definition) is 1. The Bertz CT molecular complexity index is 911. The minimum Gasteiger partial charge on any atom is -0.506 e. The molecule has 0 atom stereocenters. The third-order valence-corrected chi connectivity index (χ3v) is 3.83. The first-order valence-electron chi connectivity index (χ1n) is 7.54. The van der Waals surface area contributed by atoms with Gasteiger partial charge in [0, 0.05) is 10.9 Å². The van der Waals surface area contributed by atoms with Crippen LogP contribution in [-0.2, 0) is 4.74 Å². The molecule has 0 aliphatic carbocycles. The summed E-state index contributed by atoms with van der Waals surface area (Å²) < 4.78 is 5.06. The highest BCUT2D eigenvalue weighted by Gasteiger charge is 2.17. The van der Waals surface area contributed by atoms with Crippen molar-refractivity contribution < 1.29 is 19.4 Å². The molecule has 1 N–H and O–H groups in total. The second kappa shape index (κ2) is 6.54. The van der Waals surface area contributed by atoms with Crippen LogP contribution in [0.25, 0.3) is 10.8 Å². The summed E-state index contributed by atoms with van der Waals surface area (Å²) in [5, 5.41) is 11.6. The van der Waals surface area contributed by atoms with Crippen LogP contribution in [0.3, 0.4) is 0 Å². The highest BCUT2D eigenvalue weighted by atomic mass is 16.5. The molecule has 0 spiro atoms. The number of carbonyl (C=O) groups is 2. The molecule has 120 valence electrons. The quantitative estimate of drug-likeness (QED) is 0.585. The van der Waals surface area contributed by atoms with Crippen molar-refractivity contribution in [1.82, 2.24) is 0 Å². The number of benzene rings is 3. The van der Waals surface area contributed by atoms with Crippen molar-refractivity contribution in [2.24, 2.45) is 0 Å². The Hall–Kier alpha value is -3.14. The molecule has 0 radical (unpaired) electrons. The molecule has 3 aromatic carbocycles. The number of fused-ring (bicyclic) bond motifs is 1. The molecule has 0 aliphatic heterocycles. The van der Waals surface area contributed by atoms with E-state index in [1.165, 1.54) is 6.07 Å². The Kier molecular flexibility index (Phi) is 4.29. The number of carbonyl (C=O) groups excluding carboxylic acids is 2. The molecule has 0 aliphatic rings. The second-order valence-electron chi connectivity index (χ2n) is 5.55. The number of Topliss-reactive ketones (excluding diaryl/α,β-unsaturated/α-hetero) is 1. The fourth-order valence-corrected chi connectivity index (χ4v) is 2.45. The third-order valence-electron chi connectivity index (χ3n) is 3.83. The summed E-state index contributed by atoms with van der Waals surface area (Å²) in [5.74, 6) is -1.15. The van der Waals surface area contributed by atoms with Crippen LogP contribution >= 0.6 is 0 Å². The standard InChI is InChI=1S/C20H16O4/c1-13-6-8-15(9-7-13)18(21)12-24-20(23)17-11-10-14-4-2-3-5-16(14)19(17)22/h2-11,22H,12H2,1H3. The van der Waals surface area contributed by atoms with Crippen molar-refractivity contribution >= 4 is 22.5 Å². The number of ether oxygens (including phenoxy) is 1. The monoisotopic (exact) mass is 320 g/mol. The summed E-state index contributed by atoms with van der Waals surface area (Å²) in [6.45, 7) is 1.56. The maximum absolute atomic E-state index is 12.2. The van der Waals surface area contributed by atoms with Crippen molar-refractivity contribution in [2.75, 3.05) is 6.61 Å². The van der Waals surface area contributed by atoms with Gasteiger partial charge in [-0.25, -0.2) is 4.79 Å². The van der Waals surface area contributed by atoms with Crippen LogP contribution in [0.4, 0.5) is 0 Å². The topological polar surface area (TPSA) is 63.6 Å². The largest absolute Gasteiger partial charge is 0.506 e. The number of phenolic OH excluding ortho intramolecular Hbond substituents is 1. The average molecular weight is 320 g/mol. The van der Waals surface area contributed by atoms with Crippen molar-refractivity contribution in [3.05, 3.63) is 77.4 Å². The van der Waals surface area contributed by atoms with Crippen LogP contribution in [0.5, 0.6) is 5.75 Å². The zero-order chi connectivity index (χ0) is 17.1. The van der Waals surface area contributed by atoms with E-state index >= 15 is 0 Å². The first-order chi connectivity index (χ1) is 11.6. The maximum atomic E-state index is 12.2. The summed E-state index contributed by atoms with van der Waals surface area (Å²) in [7, 11) is 0. The van der Waals surface area contributed by atoms with E-state index < -0.39 is 5.97 Å². The summed E-state index contributed by atoms with van der Waals surface area (Å²) in [4.78, 5) is 24.2. The minimum absolute atomic E-state index is 0.0467. The van der Waals surface area contributed by atoms with Gasteiger partial charge in [-0.05, 0) is 18.4 Å². The molecule has 0 saturated heterocycles. The number of hydrogen-bond acceptors (Lipinski definition) is 4. The fourth-order valence-electron chi connectivity index (χ4n) is 2.45. The van der Waals surface area contributed by atoms with Crippen LogP contribution in [0, 0.1) is 6.92 Å². The second-order valence-corrected chi connectivity index (χ2v) is 5.55. The highest BCUT2D eigenvalue weighted by molar-refractivity contribution is 6.03. The lowest BCUT2D eigenvalue weighted by Crippen LogP contribution is -2.14. The third kappa shape index (κ3) is 3.13. The smallest absolute Gasteiger partial charge is 0.342 e. The van der Waals surface area contributed by atoms with Gasteiger partial charge in [0.25, 0.3) is 0 Å². The summed E-state index contributed by atoms with van der Waals surface area (Å²) in [6.07, 6.45) is 0. The van der Waals surface area contributed by atoms with Gasteiger partial charge in [0.15, 0.2) is 12.4 Å². The molecule has 0 aromatic heterocycles. The van der Waals surface area contributed by atoms with Crippen LogP contribution in [0.1, 0.15) is 26.3 Å². The predicted molar refractivity (Wildman–Crippen MR) is 91.4 cm³/mol. The van der Waals surface area contributed by atoms with Crippen molar-refractivity contribution in [2.45, 2.75) is 6.92 Å². The number of ketones is 1. The summed E-state index contributed by atoms with van der Waals surface area (Å²) in [5.41, 5.74) is 1.58. The molecular weight excluding hydrogens is 304 g/mol. The predicted octanol–water partition coefficient (Wildman–Crippen LogP) is 3.89. The average Bonchev–Trinajstić information content (AvgIpc) is 2.60. The Balaban J connectivity index is 1.74. The van der Waals surface area contributed by atoms with Crippen LogP contribution < -0.4 is 0 Å². The van der Waals surface area contributed by atoms with E-state index in [-0.39, 0.29) is 23.7 Å². The molecule has 0 unspecified atom stereocenters. The normalized spacial score (nSPS) is 10.5. The van der Waals surface area contributed by atoms with Crippen LogP contribution in [-0.4, -0.2) is 23.5 Å². The summed E-state index contributed by atoms with van der Waals surface area (Å²) in [6, 6.07) is 17.4. The van der Waals surface area contributed by atoms with E-state index in [1.807, 2.05) is 31.2 Å². The number of esters is 1. The molecule has 4 heteroatoms. The zero-order valence-electron chi connectivity index (χ0n) is 13.2. The zero-order valence-corrected chi connectivity index (χ0v) is 13.2. The Morgan fingerprint density at radius 1 is 0.958 bits per heavy atom. The Morgan fingerprint density at radius 2 is 1.67 bits per heavy atom. The molecule has 0 bridgehead atoms. The van der Waals surface area contributed by atoms with E-state index in [2.05, 4.69) is 0 Å². The fraction of sp³-hybridized carbons (Fsp3) is 0.100. The molecule has 24 heavy (non-hydrogen) atoms. The van der Waals surface area contributed by atoms with Gasteiger partial charge in [-0.3, -0.25) is 4.79 Å². The van der Waals surface area contributed by atoms with E-state index in [9.17, 15) is 14.7 Å². The molecular formula is C20H16O4. The number of phenols is 1. The molecule has 3 rings (SSSR count). The molecule has 3 aromatic rings. The van der Waals surface area contributed by atoms with Crippen molar-refractivity contribution in [3.63, 3.8) is 0 Å². The lowest BCUT2D eigenvalue weighted by Gasteiger charge is -2.08. The Morgan fingerprint density at radius 3 is 2.42 bits per heavy atom. The van der Waals surface area contributed by atoms with E-state index in [0.717, 1.165) is 10.9 Å². The van der Waals surface area contributed by atoms with Gasteiger partial charge >= 0.3 is 5.97 Å². The molecule has 0 fully saturated rings. The van der Waals surface area contributed by atoms with Gasteiger partial charge in [-0.1, -0.05) is 60.2 Å². The van der Waals surface area contributed by atoms with E-state index in [0.29, 0.717) is 10.9 Å². The SMILES string of the molecule is Cc1ccc(C(=O)COC(=O)c2ccc3ccccc3c2O)cc1. The lowest BCUT2D eigenvalue weighted by molar-refractivity contribution is 0.0472. The van der Waals surface area contributed by atoms with Gasteiger partial charge in [-0.2, -0.15) is 0 Å². The van der Waals surface area contributed by atoms with Gasteiger partial charge in [0.05, 0.1) is 0 Å². The van der Waals surface area contributed by atoms with Crippen LogP contribution in [0.15, 0.2) is 60.7 Å². The van der Waals surface area contributed by atoms with Crippen molar-refractivity contribution in [1.29, 1.82) is 0 Å². The number of aryl methyl sites for hydroxylation is 1. The molecule has 0 saturated carbocycles. The van der Waals surface area contributed by atoms with Gasteiger partial charge < -0.3 is 9.84 Å². The van der Waals surface area contributed by atoms with Crippen LogP contribution in [0.2, 0.25) is 0 Å². The van der Waals surface area contributed by atoms with Gasteiger partial charge in [0.1, 0.15) is 11.3 Å². The van der Waals surface area contributed by atoms with E-state index in [1.54, 1.807) is 30.3 Å². The molecule has 0 amide bonds. The lowest BCUT2D eigenvalue weighted by atomic mass is 10.1. The van der Waals surface area contributed by atoms with Gasteiger partial charge in [-0.15, -0.1) is 0 Å². The Labute approximate surface area is 139 Å². The summed E-state index contributed by atoms with van der Waals surface area (Å²) >= 11 is 0.